The summed E-state index contributed by atoms with van der Waals surface area (Å²) < 4.78 is 0. The number of anilines is 5. The molecule has 154 valence electrons. The van der Waals surface area contributed by atoms with Crippen molar-refractivity contribution in [3.8, 4) is 0 Å². The lowest BCUT2D eigenvalue weighted by atomic mass is 10.1. The largest absolute Gasteiger partial charge is 0.399 e. The van der Waals surface area contributed by atoms with E-state index in [2.05, 4.69) is 35.7 Å². The average Bonchev–Trinajstić information content (AvgIpc) is 2.78. The van der Waals surface area contributed by atoms with E-state index < -0.39 is 0 Å². The Morgan fingerprint density at radius 3 is 2.47 bits per heavy atom. The molecule has 8 heteroatoms. The topological polar surface area (TPSA) is 104 Å². The minimum absolute atomic E-state index is 0.396. The van der Waals surface area contributed by atoms with E-state index in [9.17, 15) is 0 Å². The molecule has 4 rings (SSSR count). The molecule has 8 nitrogen and oxygen atoms in total. The molecule has 4 N–H and O–H groups in total. The number of piperidine rings is 1. The highest BCUT2D eigenvalue weighted by molar-refractivity contribution is 5.99. The highest BCUT2D eigenvalue weighted by Gasteiger charge is 2.16. The van der Waals surface area contributed by atoms with Crippen LogP contribution < -0.4 is 21.4 Å². The van der Waals surface area contributed by atoms with E-state index in [-0.39, 0.29) is 0 Å². The van der Waals surface area contributed by atoms with Crippen LogP contribution in [0, 0.1) is 0 Å². The van der Waals surface area contributed by atoms with Crippen molar-refractivity contribution in [1.29, 1.82) is 0 Å². The molecule has 30 heavy (non-hydrogen) atoms. The number of para-hydroxylation sites is 1. The highest BCUT2D eigenvalue weighted by atomic mass is 15.4. The lowest BCUT2D eigenvalue weighted by molar-refractivity contribution is 0.568. The number of hydrogen-bond acceptors (Lipinski definition) is 8. The Morgan fingerprint density at radius 2 is 1.70 bits per heavy atom. The molecular weight excluding hydrogens is 376 g/mol. The molecular formula is C22H26N8. The Hall–Kier alpha value is -3.68. The number of nitrogen functional groups attached to an aromatic ring is 1. The van der Waals surface area contributed by atoms with Crippen molar-refractivity contribution in [2.45, 2.75) is 26.2 Å². The second-order valence-corrected chi connectivity index (χ2v) is 7.26. The van der Waals surface area contributed by atoms with E-state index in [1.54, 1.807) is 0 Å². The van der Waals surface area contributed by atoms with Crippen molar-refractivity contribution < 1.29 is 0 Å². The zero-order valence-electron chi connectivity index (χ0n) is 17.0. The molecule has 0 amide bonds. The minimum atomic E-state index is 0.396. The van der Waals surface area contributed by atoms with Crippen LogP contribution in [0.15, 0.2) is 59.7 Å². The van der Waals surface area contributed by atoms with Crippen LogP contribution in [0.5, 0.6) is 0 Å². The van der Waals surface area contributed by atoms with Crippen LogP contribution in [-0.4, -0.2) is 33.8 Å². The summed E-state index contributed by atoms with van der Waals surface area (Å²) in [6.45, 7) is 3.80. The third-order valence-electron chi connectivity index (χ3n) is 4.92. The van der Waals surface area contributed by atoms with Gasteiger partial charge in [0.1, 0.15) is 0 Å². The summed E-state index contributed by atoms with van der Waals surface area (Å²) in [5.41, 5.74) is 12.2. The number of nitrogens with two attached hydrogens (primary N) is 1. The number of benzene rings is 2. The molecule has 0 aliphatic carbocycles. The van der Waals surface area contributed by atoms with Crippen LogP contribution in [0.1, 0.15) is 31.7 Å². The van der Waals surface area contributed by atoms with E-state index >= 15 is 0 Å². The third kappa shape index (κ3) is 5.02. The van der Waals surface area contributed by atoms with Gasteiger partial charge in [-0.1, -0.05) is 30.3 Å². The number of nitrogens with one attached hydrogen (secondary N) is 2. The predicted molar refractivity (Wildman–Crippen MR) is 122 cm³/mol. The van der Waals surface area contributed by atoms with Gasteiger partial charge in [-0.2, -0.15) is 20.1 Å². The molecule has 1 fully saturated rings. The molecule has 0 atom stereocenters. The summed E-state index contributed by atoms with van der Waals surface area (Å²) >= 11 is 0. The number of hydrazone groups is 1. The molecule has 0 spiro atoms. The third-order valence-corrected chi connectivity index (χ3v) is 4.92. The van der Waals surface area contributed by atoms with Gasteiger partial charge in [-0.15, -0.1) is 0 Å². The van der Waals surface area contributed by atoms with Gasteiger partial charge in [0.05, 0.1) is 5.71 Å². The van der Waals surface area contributed by atoms with Crippen molar-refractivity contribution >= 4 is 34.9 Å². The SMILES string of the molecule is C/C(=N\Nc1nc(Nc2ccccc2)nc(N2CCCCC2)n1)c1cccc(N)c1. The standard InChI is InChI=1S/C22H26N8/c1-16(17-9-8-10-18(23)15-17)28-29-21-25-20(24-19-11-4-2-5-12-19)26-22(27-21)30-13-6-3-7-14-30/h2,4-5,8-12,15H,3,6-7,13-14,23H2,1H3,(H2,24,25,26,27,29)/b28-16+. The second kappa shape index (κ2) is 9.21. The van der Waals surface area contributed by atoms with E-state index in [1.807, 2.05) is 61.5 Å². The molecule has 0 bridgehead atoms. The molecule has 0 unspecified atom stereocenters. The van der Waals surface area contributed by atoms with Gasteiger partial charge in [0.25, 0.3) is 0 Å². The van der Waals surface area contributed by atoms with Crippen molar-refractivity contribution in [2.24, 2.45) is 5.10 Å². The molecule has 0 radical (unpaired) electrons. The fourth-order valence-electron chi connectivity index (χ4n) is 3.32. The molecule has 2 aromatic carbocycles. The normalized spacial score (nSPS) is 14.4. The van der Waals surface area contributed by atoms with Gasteiger partial charge in [-0.25, -0.2) is 5.43 Å². The second-order valence-electron chi connectivity index (χ2n) is 7.26. The first kappa shape index (κ1) is 19.6. The Bertz CT molecular complexity index is 1010. The first-order valence-corrected chi connectivity index (χ1v) is 10.2. The van der Waals surface area contributed by atoms with Crippen LogP contribution in [0.2, 0.25) is 0 Å². The summed E-state index contributed by atoms with van der Waals surface area (Å²) in [4.78, 5) is 15.9. The van der Waals surface area contributed by atoms with Crippen LogP contribution in [0.25, 0.3) is 0 Å². The van der Waals surface area contributed by atoms with Crippen molar-refractivity contribution in [3.63, 3.8) is 0 Å². The van der Waals surface area contributed by atoms with Crippen LogP contribution >= 0.6 is 0 Å². The zero-order chi connectivity index (χ0) is 20.8. The van der Waals surface area contributed by atoms with Crippen molar-refractivity contribution in [3.05, 3.63) is 60.2 Å². The molecule has 1 aliphatic heterocycles. The summed E-state index contributed by atoms with van der Waals surface area (Å²) in [5.74, 6) is 1.53. The van der Waals surface area contributed by atoms with Gasteiger partial charge >= 0.3 is 0 Å². The van der Waals surface area contributed by atoms with Gasteiger partial charge in [0, 0.05) is 24.5 Å². The Morgan fingerprint density at radius 1 is 0.933 bits per heavy atom. The van der Waals surface area contributed by atoms with Crippen molar-refractivity contribution in [1.82, 2.24) is 15.0 Å². The summed E-state index contributed by atoms with van der Waals surface area (Å²) in [6, 6.07) is 17.4. The summed E-state index contributed by atoms with van der Waals surface area (Å²) in [7, 11) is 0. The van der Waals surface area contributed by atoms with E-state index in [0.29, 0.717) is 23.5 Å². The fraction of sp³-hybridized carbons (Fsp3) is 0.273. The maximum absolute atomic E-state index is 5.88. The van der Waals surface area contributed by atoms with Gasteiger partial charge in [0.15, 0.2) is 0 Å². The van der Waals surface area contributed by atoms with Crippen LogP contribution in [0.4, 0.5) is 29.2 Å². The van der Waals surface area contributed by atoms with E-state index in [1.165, 1.54) is 6.42 Å². The van der Waals surface area contributed by atoms with Gasteiger partial charge in [-0.3, -0.25) is 0 Å². The number of rotatable bonds is 6. The molecule has 0 saturated carbocycles. The Kier molecular flexibility index (Phi) is 6.03. The Labute approximate surface area is 176 Å². The number of nitrogens with zero attached hydrogens (tertiary/aromatic N) is 5. The fourth-order valence-corrected chi connectivity index (χ4v) is 3.32. The molecule has 3 aromatic rings. The maximum Gasteiger partial charge on any atom is 0.250 e. The minimum Gasteiger partial charge on any atom is -0.399 e. The zero-order valence-corrected chi connectivity index (χ0v) is 17.0. The first-order chi connectivity index (χ1) is 14.7. The summed E-state index contributed by atoms with van der Waals surface area (Å²) in [5, 5.41) is 7.71. The lowest BCUT2D eigenvalue weighted by Gasteiger charge is -2.26. The smallest absolute Gasteiger partial charge is 0.250 e. The van der Waals surface area contributed by atoms with Crippen LogP contribution in [0.3, 0.4) is 0 Å². The summed E-state index contributed by atoms with van der Waals surface area (Å²) in [6.07, 6.45) is 3.52. The maximum atomic E-state index is 5.88. The number of hydrogen-bond donors (Lipinski definition) is 3. The number of aromatic nitrogens is 3. The monoisotopic (exact) mass is 402 g/mol. The van der Waals surface area contributed by atoms with Crippen LogP contribution in [-0.2, 0) is 0 Å². The Balaban J connectivity index is 1.60. The quantitative estimate of drug-likeness (QED) is 0.325. The molecule has 1 aliphatic rings. The lowest BCUT2D eigenvalue weighted by Crippen LogP contribution is -2.31. The van der Waals surface area contributed by atoms with Gasteiger partial charge < -0.3 is 16.0 Å². The molecule has 1 saturated heterocycles. The predicted octanol–water partition coefficient (Wildman–Crippen LogP) is 4.02. The van der Waals surface area contributed by atoms with Gasteiger partial charge in [0.2, 0.25) is 17.8 Å². The molecule has 1 aromatic heterocycles. The average molecular weight is 403 g/mol. The first-order valence-electron chi connectivity index (χ1n) is 10.2. The van der Waals surface area contributed by atoms with E-state index in [4.69, 9.17) is 5.73 Å². The highest BCUT2D eigenvalue weighted by Crippen LogP contribution is 2.21. The van der Waals surface area contributed by atoms with Gasteiger partial charge in [-0.05, 0) is 56.0 Å². The van der Waals surface area contributed by atoms with Crippen molar-refractivity contribution in [2.75, 3.05) is 34.5 Å². The molecule has 2 heterocycles. The van der Waals surface area contributed by atoms with E-state index in [0.717, 1.165) is 42.9 Å².